The van der Waals surface area contributed by atoms with E-state index in [9.17, 15) is 4.79 Å². The third-order valence-corrected chi connectivity index (χ3v) is 5.19. The van der Waals surface area contributed by atoms with E-state index in [4.69, 9.17) is 0 Å². The molecular weight excluding hydrogens is 318 g/mol. The molecule has 1 aromatic carbocycles. The van der Waals surface area contributed by atoms with Gasteiger partial charge in [-0.1, -0.05) is 24.1 Å². The smallest absolute Gasteiger partial charge is 0.257 e. The van der Waals surface area contributed by atoms with Gasteiger partial charge in [0.25, 0.3) is 5.91 Å². The second-order valence-electron chi connectivity index (χ2n) is 6.96. The van der Waals surface area contributed by atoms with Crippen LogP contribution < -0.4 is 5.32 Å². The number of rotatable bonds is 4. The predicted octanol–water partition coefficient (Wildman–Crippen LogP) is 4.24. The van der Waals surface area contributed by atoms with Gasteiger partial charge in [-0.3, -0.25) is 15.0 Å². The monoisotopic (exact) mass is 343 g/mol. The highest BCUT2D eigenvalue weighted by Crippen LogP contribution is 2.21. The normalized spacial score (nSPS) is 18.5. The van der Waals surface area contributed by atoms with Crippen LogP contribution in [0.5, 0.6) is 0 Å². The average molecular weight is 343 g/mol. The van der Waals surface area contributed by atoms with Crippen LogP contribution in [0.1, 0.15) is 46.9 Å². The predicted molar refractivity (Wildman–Crippen MR) is 99.7 cm³/mol. The van der Waals surface area contributed by atoms with Crippen molar-refractivity contribution in [3.05, 3.63) is 46.0 Å². The molecule has 0 saturated carbocycles. The van der Waals surface area contributed by atoms with Crippen LogP contribution in [0.15, 0.2) is 23.6 Å². The van der Waals surface area contributed by atoms with E-state index in [1.54, 1.807) is 0 Å². The van der Waals surface area contributed by atoms with Gasteiger partial charge in [-0.05, 0) is 51.3 Å². The Kier molecular flexibility index (Phi) is 5.31. The number of benzene rings is 1. The number of thiazole rings is 1. The fourth-order valence-corrected chi connectivity index (χ4v) is 4.07. The highest BCUT2D eigenvalue weighted by molar-refractivity contribution is 7.13. The maximum Gasteiger partial charge on any atom is 0.257 e. The molecule has 5 heteroatoms. The fourth-order valence-electron chi connectivity index (χ4n) is 3.37. The first kappa shape index (κ1) is 17.1. The van der Waals surface area contributed by atoms with E-state index < -0.39 is 0 Å². The topological polar surface area (TPSA) is 45.2 Å². The summed E-state index contributed by atoms with van der Waals surface area (Å²) in [5.41, 5.74) is 3.93. The number of aryl methyl sites for hydroxylation is 2. The summed E-state index contributed by atoms with van der Waals surface area (Å²) < 4.78 is 0. The first-order valence-corrected chi connectivity index (χ1v) is 9.44. The molecule has 1 fully saturated rings. The number of hydrogen-bond donors (Lipinski definition) is 1. The van der Waals surface area contributed by atoms with Crippen LogP contribution in [0.2, 0.25) is 0 Å². The van der Waals surface area contributed by atoms with Gasteiger partial charge < -0.3 is 0 Å². The van der Waals surface area contributed by atoms with Crippen molar-refractivity contribution in [3.8, 4) is 0 Å². The minimum absolute atomic E-state index is 0.0886. The molecule has 0 bridgehead atoms. The molecule has 1 aromatic heterocycles. The SMILES string of the molecule is Cc1cc(C)cc(C(=O)Nc2nc(CN3CCC[C@@H](C)C3)cs2)c1. The highest BCUT2D eigenvalue weighted by Gasteiger charge is 2.17. The standard InChI is InChI=1S/C19H25N3OS/c1-13-5-4-6-22(10-13)11-17-12-24-19(20-17)21-18(23)16-8-14(2)7-15(3)9-16/h7-9,12-13H,4-6,10-11H2,1-3H3,(H,20,21,23)/t13-/m1/s1. The largest absolute Gasteiger partial charge is 0.298 e. The summed E-state index contributed by atoms with van der Waals surface area (Å²) in [5, 5.41) is 5.66. The van der Waals surface area contributed by atoms with E-state index in [0.717, 1.165) is 42.4 Å². The van der Waals surface area contributed by atoms with Crippen molar-refractivity contribution >= 4 is 22.4 Å². The minimum Gasteiger partial charge on any atom is -0.298 e. The van der Waals surface area contributed by atoms with Gasteiger partial charge in [0, 0.05) is 24.0 Å². The van der Waals surface area contributed by atoms with Crippen LogP contribution in [0.25, 0.3) is 0 Å². The van der Waals surface area contributed by atoms with Crippen LogP contribution in [0.4, 0.5) is 5.13 Å². The number of carbonyl (C=O) groups is 1. The number of hydrogen-bond acceptors (Lipinski definition) is 4. The first-order valence-electron chi connectivity index (χ1n) is 8.56. The van der Waals surface area contributed by atoms with Gasteiger partial charge in [0.05, 0.1) is 5.69 Å². The van der Waals surface area contributed by atoms with E-state index in [2.05, 4.69) is 33.6 Å². The van der Waals surface area contributed by atoms with Gasteiger partial charge in [-0.25, -0.2) is 4.98 Å². The minimum atomic E-state index is -0.0886. The number of nitrogens with zero attached hydrogens (tertiary/aromatic N) is 2. The fraction of sp³-hybridized carbons (Fsp3) is 0.474. The Hall–Kier alpha value is -1.72. The van der Waals surface area contributed by atoms with Crippen molar-refractivity contribution in [2.24, 2.45) is 5.92 Å². The molecule has 1 aliphatic rings. The molecule has 0 aliphatic carbocycles. The number of amides is 1. The van der Waals surface area contributed by atoms with Gasteiger partial charge in [0.2, 0.25) is 0 Å². The molecular formula is C19H25N3OS. The lowest BCUT2D eigenvalue weighted by atomic mass is 10.0. The van der Waals surface area contributed by atoms with Crippen LogP contribution in [0.3, 0.4) is 0 Å². The van der Waals surface area contributed by atoms with E-state index in [-0.39, 0.29) is 5.91 Å². The zero-order valence-corrected chi connectivity index (χ0v) is 15.4. The number of likely N-dealkylation sites (tertiary alicyclic amines) is 1. The molecule has 1 saturated heterocycles. The third-order valence-electron chi connectivity index (χ3n) is 4.38. The van der Waals surface area contributed by atoms with E-state index in [1.807, 2.05) is 26.0 Å². The summed E-state index contributed by atoms with van der Waals surface area (Å²) in [6.45, 7) is 9.48. The van der Waals surface area contributed by atoms with Crippen LogP contribution in [-0.4, -0.2) is 28.9 Å². The number of nitrogens with one attached hydrogen (secondary N) is 1. The van der Waals surface area contributed by atoms with E-state index in [0.29, 0.717) is 10.7 Å². The zero-order chi connectivity index (χ0) is 17.1. The second-order valence-corrected chi connectivity index (χ2v) is 7.82. The van der Waals surface area contributed by atoms with Gasteiger partial charge in [0.1, 0.15) is 0 Å². The lowest BCUT2D eigenvalue weighted by molar-refractivity contribution is 0.102. The summed E-state index contributed by atoms with van der Waals surface area (Å²) in [4.78, 5) is 19.4. The molecule has 0 spiro atoms. The van der Waals surface area contributed by atoms with Gasteiger partial charge in [-0.15, -0.1) is 11.3 Å². The van der Waals surface area contributed by atoms with Crippen molar-refractivity contribution in [2.75, 3.05) is 18.4 Å². The maximum absolute atomic E-state index is 12.4. The Morgan fingerprint density at radius 2 is 2.08 bits per heavy atom. The Morgan fingerprint density at radius 3 is 2.79 bits per heavy atom. The molecule has 1 N–H and O–H groups in total. The molecule has 0 radical (unpaired) electrons. The van der Waals surface area contributed by atoms with E-state index >= 15 is 0 Å². The van der Waals surface area contributed by atoms with Crippen molar-refractivity contribution in [1.29, 1.82) is 0 Å². The molecule has 24 heavy (non-hydrogen) atoms. The summed E-state index contributed by atoms with van der Waals surface area (Å²) in [5.74, 6) is 0.676. The Labute approximate surface area is 147 Å². The quantitative estimate of drug-likeness (QED) is 0.903. The Morgan fingerprint density at radius 1 is 1.33 bits per heavy atom. The van der Waals surface area contributed by atoms with E-state index in [1.165, 1.54) is 24.2 Å². The summed E-state index contributed by atoms with van der Waals surface area (Å²) >= 11 is 1.50. The summed E-state index contributed by atoms with van der Waals surface area (Å²) in [6.07, 6.45) is 2.59. The van der Waals surface area contributed by atoms with Crippen LogP contribution >= 0.6 is 11.3 Å². The van der Waals surface area contributed by atoms with Crippen molar-refractivity contribution in [3.63, 3.8) is 0 Å². The first-order chi connectivity index (χ1) is 11.5. The molecule has 2 aromatic rings. The van der Waals surface area contributed by atoms with Crippen molar-refractivity contribution < 1.29 is 4.79 Å². The lowest BCUT2D eigenvalue weighted by Gasteiger charge is -2.30. The van der Waals surface area contributed by atoms with Crippen LogP contribution in [0, 0.1) is 19.8 Å². The molecule has 4 nitrogen and oxygen atoms in total. The maximum atomic E-state index is 12.4. The Bertz CT molecular complexity index is 705. The van der Waals surface area contributed by atoms with Crippen molar-refractivity contribution in [2.45, 2.75) is 40.2 Å². The number of aromatic nitrogens is 1. The summed E-state index contributed by atoms with van der Waals surface area (Å²) in [7, 11) is 0. The zero-order valence-electron chi connectivity index (χ0n) is 14.6. The molecule has 128 valence electrons. The Balaban J connectivity index is 1.62. The number of carbonyl (C=O) groups excluding carboxylic acids is 1. The highest BCUT2D eigenvalue weighted by atomic mass is 32.1. The molecule has 1 amide bonds. The van der Waals surface area contributed by atoms with Gasteiger partial charge in [-0.2, -0.15) is 0 Å². The lowest BCUT2D eigenvalue weighted by Crippen LogP contribution is -2.33. The molecule has 2 heterocycles. The molecule has 1 aliphatic heterocycles. The second kappa shape index (κ2) is 7.45. The van der Waals surface area contributed by atoms with Crippen LogP contribution in [-0.2, 0) is 6.54 Å². The molecule has 0 unspecified atom stereocenters. The average Bonchev–Trinajstić information content (AvgIpc) is 2.93. The van der Waals surface area contributed by atoms with Crippen molar-refractivity contribution in [1.82, 2.24) is 9.88 Å². The summed E-state index contributed by atoms with van der Waals surface area (Å²) in [6, 6.07) is 5.88. The number of piperidine rings is 1. The third kappa shape index (κ3) is 4.42. The molecule has 1 atom stereocenters. The molecule has 3 rings (SSSR count). The van der Waals surface area contributed by atoms with Gasteiger partial charge in [0.15, 0.2) is 5.13 Å². The van der Waals surface area contributed by atoms with Gasteiger partial charge >= 0.3 is 0 Å². The number of anilines is 1.